The van der Waals surface area contributed by atoms with E-state index < -0.39 is 0 Å². The molecule has 146 valence electrons. The fourth-order valence-corrected chi connectivity index (χ4v) is 2.83. The van der Waals surface area contributed by atoms with Gasteiger partial charge in [-0.1, -0.05) is 47.6 Å². The molecule has 2 aromatic heterocycles. The fraction of sp³-hybridized carbons (Fsp3) is 0.143. The molecule has 0 unspecified atom stereocenters. The van der Waals surface area contributed by atoms with Gasteiger partial charge in [0.15, 0.2) is 6.61 Å². The van der Waals surface area contributed by atoms with E-state index in [1.54, 1.807) is 7.11 Å². The predicted molar refractivity (Wildman–Crippen MR) is 105 cm³/mol. The van der Waals surface area contributed by atoms with E-state index in [1.807, 2.05) is 54.6 Å². The number of amides is 1. The molecule has 8 heteroatoms. The number of benzene rings is 2. The zero-order valence-corrected chi connectivity index (χ0v) is 15.7. The van der Waals surface area contributed by atoms with Gasteiger partial charge in [-0.15, -0.1) is 0 Å². The largest absolute Gasteiger partial charge is 0.497 e. The highest BCUT2D eigenvalue weighted by Gasteiger charge is 2.18. The molecule has 0 aliphatic carbocycles. The average Bonchev–Trinajstić information content (AvgIpc) is 3.22. The highest BCUT2D eigenvalue weighted by Crippen LogP contribution is 2.32. The Morgan fingerprint density at radius 3 is 2.79 bits per heavy atom. The van der Waals surface area contributed by atoms with Crippen LogP contribution >= 0.6 is 0 Å². The Labute approximate surface area is 166 Å². The van der Waals surface area contributed by atoms with Gasteiger partial charge in [0, 0.05) is 12.1 Å². The normalized spacial score (nSPS) is 10.7. The van der Waals surface area contributed by atoms with Gasteiger partial charge in [-0.05, 0) is 17.7 Å². The molecule has 0 saturated carbocycles. The molecule has 4 rings (SSSR count). The lowest BCUT2D eigenvalue weighted by Gasteiger charge is -2.08. The van der Waals surface area contributed by atoms with Crippen molar-refractivity contribution in [2.45, 2.75) is 6.54 Å². The molecule has 0 saturated heterocycles. The smallest absolute Gasteiger partial charge is 0.265 e. The molecule has 8 nitrogen and oxygen atoms in total. The Hall–Kier alpha value is -3.94. The van der Waals surface area contributed by atoms with Crippen molar-refractivity contribution in [3.8, 4) is 22.9 Å². The first-order valence-corrected chi connectivity index (χ1v) is 8.93. The van der Waals surface area contributed by atoms with E-state index in [4.69, 9.17) is 14.0 Å². The second-order valence-electron chi connectivity index (χ2n) is 6.17. The van der Waals surface area contributed by atoms with Crippen LogP contribution in [-0.4, -0.2) is 34.7 Å². The SMILES string of the molecule is COc1cccc(CNC(=O)COc2ncnc3onc(-c4ccccc4)c23)c1. The van der Waals surface area contributed by atoms with Gasteiger partial charge < -0.3 is 19.3 Å². The van der Waals surface area contributed by atoms with Gasteiger partial charge in [0.05, 0.1) is 7.11 Å². The molecule has 2 aromatic carbocycles. The first-order valence-electron chi connectivity index (χ1n) is 8.93. The summed E-state index contributed by atoms with van der Waals surface area (Å²) in [5.74, 6) is 0.696. The Balaban J connectivity index is 1.45. The van der Waals surface area contributed by atoms with Crippen molar-refractivity contribution in [3.05, 3.63) is 66.5 Å². The third kappa shape index (κ3) is 4.16. The standard InChI is InChI=1S/C21H18N4O4/c1-27-16-9-5-6-14(10-16)11-22-17(26)12-28-20-18-19(15-7-3-2-4-8-15)25-29-21(18)24-13-23-20/h2-10,13H,11-12H2,1H3,(H,22,26). The lowest BCUT2D eigenvalue weighted by Crippen LogP contribution is -2.28. The van der Waals surface area contributed by atoms with Crippen LogP contribution in [0.25, 0.3) is 22.4 Å². The number of ether oxygens (including phenoxy) is 2. The third-order valence-electron chi connectivity index (χ3n) is 4.25. The minimum absolute atomic E-state index is 0.199. The maximum atomic E-state index is 12.2. The third-order valence-corrected chi connectivity index (χ3v) is 4.25. The lowest BCUT2D eigenvalue weighted by molar-refractivity contribution is -0.123. The molecule has 0 atom stereocenters. The summed E-state index contributed by atoms with van der Waals surface area (Å²) in [5.41, 5.74) is 2.62. The van der Waals surface area contributed by atoms with Crippen molar-refractivity contribution in [3.63, 3.8) is 0 Å². The number of fused-ring (bicyclic) bond motifs is 1. The van der Waals surface area contributed by atoms with E-state index in [2.05, 4.69) is 20.4 Å². The van der Waals surface area contributed by atoms with Crippen LogP contribution in [0.4, 0.5) is 0 Å². The summed E-state index contributed by atoms with van der Waals surface area (Å²) in [7, 11) is 1.60. The predicted octanol–water partition coefficient (Wildman–Crippen LogP) is 2.99. The number of carbonyl (C=O) groups is 1. The Morgan fingerprint density at radius 2 is 1.97 bits per heavy atom. The molecule has 4 aromatic rings. The molecule has 1 N–H and O–H groups in total. The summed E-state index contributed by atoms with van der Waals surface area (Å²) in [4.78, 5) is 20.4. The highest BCUT2D eigenvalue weighted by molar-refractivity contribution is 5.93. The van der Waals surface area contributed by atoms with Crippen molar-refractivity contribution in [2.75, 3.05) is 13.7 Å². The van der Waals surface area contributed by atoms with Gasteiger partial charge >= 0.3 is 0 Å². The van der Waals surface area contributed by atoms with E-state index >= 15 is 0 Å². The van der Waals surface area contributed by atoms with Gasteiger partial charge in [0.2, 0.25) is 5.88 Å². The summed E-state index contributed by atoms with van der Waals surface area (Å²) < 4.78 is 16.1. The summed E-state index contributed by atoms with van der Waals surface area (Å²) in [5, 5.41) is 7.41. The molecule has 0 fully saturated rings. The molecule has 0 aliphatic heterocycles. The zero-order chi connectivity index (χ0) is 20.1. The van der Waals surface area contributed by atoms with E-state index in [1.165, 1.54) is 6.33 Å². The van der Waals surface area contributed by atoms with E-state index in [0.29, 0.717) is 23.3 Å². The molecule has 29 heavy (non-hydrogen) atoms. The molecule has 2 heterocycles. The summed E-state index contributed by atoms with van der Waals surface area (Å²) in [6.45, 7) is 0.163. The van der Waals surface area contributed by atoms with E-state index in [0.717, 1.165) is 16.9 Å². The first-order chi connectivity index (χ1) is 14.2. The van der Waals surface area contributed by atoms with Gasteiger partial charge in [0.1, 0.15) is 23.2 Å². The molecule has 1 amide bonds. The maximum Gasteiger partial charge on any atom is 0.265 e. The van der Waals surface area contributed by atoms with Crippen molar-refractivity contribution in [2.24, 2.45) is 0 Å². The number of nitrogens with one attached hydrogen (secondary N) is 1. The minimum atomic E-state index is -0.280. The quantitative estimate of drug-likeness (QED) is 0.518. The maximum absolute atomic E-state index is 12.2. The van der Waals surface area contributed by atoms with Gasteiger partial charge in [-0.25, -0.2) is 4.98 Å². The molecule has 0 spiro atoms. The monoisotopic (exact) mass is 390 g/mol. The molecule has 0 radical (unpaired) electrons. The molecule has 0 bridgehead atoms. The molecular formula is C21H18N4O4. The van der Waals surface area contributed by atoms with Crippen LogP contribution < -0.4 is 14.8 Å². The first kappa shape index (κ1) is 18.4. The van der Waals surface area contributed by atoms with Crippen LogP contribution in [0, 0.1) is 0 Å². The van der Waals surface area contributed by atoms with Crippen LogP contribution in [0.1, 0.15) is 5.56 Å². The minimum Gasteiger partial charge on any atom is -0.497 e. The lowest BCUT2D eigenvalue weighted by atomic mass is 10.1. The number of hydrogen-bond donors (Lipinski definition) is 1. The molecular weight excluding hydrogens is 372 g/mol. The van der Waals surface area contributed by atoms with E-state index in [-0.39, 0.29) is 18.4 Å². The zero-order valence-electron chi connectivity index (χ0n) is 15.7. The number of rotatable bonds is 7. The fourth-order valence-electron chi connectivity index (χ4n) is 2.83. The van der Waals surface area contributed by atoms with Crippen molar-refractivity contribution in [1.29, 1.82) is 0 Å². The Kier molecular flexibility index (Phi) is 5.33. The van der Waals surface area contributed by atoms with Crippen molar-refractivity contribution >= 4 is 17.0 Å². The van der Waals surface area contributed by atoms with Crippen LogP contribution in [0.15, 0.2) is 65.4 Å². The molecule has 0 aliphatic rings. The van der Waals surface area contributed by atoms with Gasteiger partial charge in [-0.3, -0.25) is 4.79 Å². The summed E-state index contributed by atoms with van der Waals surface area (Å²) in [6, 6.07) is 17.0. The van der Waals surface area contributed by atoms with Crippen LogP contribution in [-0.2, 0) is 11.3 Å². The average molecular weight is 390 g/mol. The number of aromatic nitrogens is 3. The Bertz CT molecular complexity index is 1130. The summed E-state index contributed by atoms with van der Waals surface area (Å²) >= 11 is 0. The Morgan fingerprint density at radius 1 is 1.10 bits per heavy atom. The number of nitrogens with zero attached hydrogens (tertiary/aromatic N) is 3. The number of methoxy groups -OCH3 is 1. The van der Waals surface area contributed by atoms with Crippen LogP contribution in [0.3, 0.4) is 0 Å². The van der Waals surface area contributed by atoms with Crippen LogP contribution in [0.5, 0.6) is 11.6 Å². The number of carbonyl (C=O) groups excluding carboxylic acids is 1. The second-order valence-corrected chi connectivity index (χ2v) is 6.17. The van der Waals surface area contributed by atoms with E-state index in [9.17, 15) is 4.79 Å². The van der Waals surface area contributed by atoms with Gasteiger partial charge in [-0.2, -0.15) is 4.98 Å². The highest BCUT2D eigenvalue weighted by atomic mass is 16.5. The van der Waals surface area contributed by atoms with Crippen molar-refractivity contribution in [1.82, 2.24) is 20.4 Å². The van der Waals surface area contributed by atoms with Gasteiger partial charge in [0.25, 0.3) is 11.6 Å². The second kappa shape index (κ2) is 8.39. The topological polar surface area (TPSA) is 99.4 Å². The summed E-state index contributed by atoms with van der Waals surface area (Å²) in [6.07, 6.45) is 1.31. The van der Waals surface area contributed by atoms with Crippen molar-refractivity contribution < 1.29 is 18.8 Å². The van der Waals surface area contributed by atoms with Crippen LogP contribution in [0.2, 0.25) is 0 Å². The number of hydrogen-bond acceptors (Lipinski definition) is 7.